The van der Waals surface area contributed by atoms with E-state index in [1.54, 1.807) is 0 Å². The van der Waals surface area contributed by atoms with Crippen LogP contribution in [0.1, 0.15) is 37.7 Å². The molecule has 0 bridgehead atoms. The van der Waals surface area contributed by atoms with Gasteiger partial charge in [0, 0.05) is 18.0 Å². The summed E-state index contributed by atoms with van der Waals surface area (Å²) < 4.78 is 26.4. The second kappa shape index (κ2) is 4.50. The molecule has 0 spiro atoms. The van der Waals surface area contributed by atoms with Crippen LogP contribution in [0.4, 0.5) is 8.78 Å². The van der Waals surface area contributed by atoms with Crippen LogP contribution in [0.25, 0.3) is 0 Å². The molecule has 0 radical (unpaired) electrons. The summed E-state index contributed by atoms with van der Waals surface area (Å²) in [7, 11) is 0. The molecule has 0 aliphatic heterocycles. The van der Waals surface area contributed by atoms with Crippen molar-refractivity contribution < 1.29 is 8.78 Å². The molecule has 0 unspecified atom stereocenters. The molecule has 16 heavy (non-hydrogen) atoms. The monoisotopic (exact) mass is 225 g/mol. The third-order valence-corrected chi connectivity index (χ3v) is 3.68. The maximum atomic E-state index is 13.2. The van der Waals surface area contributed by atoms with Gasteiger partial charge in [0.15, 0.2) is 0 Å². The average molecular weight is 225 g/mol. The quantitative estimate of drug-likeness (QED) is 0.822. The molecule has 0 aromatic heterocycles. The number of halogens is 2. The molecular weight excluding hydrogens is 208 g/mol. The largest absolute Gasteiger partial charge is 0.330 e. The predicted octanol–water partition coefficient (Wildman–Crippen LogP) is 3.13. The topological polar surface area (TPSA) is 26.0 Å². The highest BCUT2D eigenvalue weighted by atomic mass is 19.1. The lowest BCUT2D eigenvalue weighted by atomic mass is 9.69. The molecule has 3 heteroatoms. The van der Waals surface area contributed by atoms with Crippen molar-refractivity contribution in [3.8, 4) is 0 Å². The van der Waals surface area contributed by atoms with Gasteiger partial charge in [-0.1, -0.05) is 19.3 Å². The third-order valence-electron chi connectivity index (χ3n) is 3.68. The maximum absolute atomic E-state index is 13.2. The Morgan fingerprint density at radius 2 is 1.56 bits per heavy atom. The molecule has 88 valence electrons. The summed E-state index contributed by atoms with van der Waals surface area (Å²) in [5, 5.41) is 0. The Kier molecular flexibility index (Phi) is 3.24. The van der Waals surface area contributed by atoms with Gasteiger partial charge in [0.05, 0.1) is 0 Å². The lowest BCUT2D eigenvalue weighted by Crippen LogP contribution is -2.37. The first kappa shape index (κ1) is 11.5. The fourth-order valence-electron chi connectivity index (χ4n) is 2.70. The number of benzene rings is 1. The number of hydrogen-bond donors (Lipinski definition) is 1. The van der Waals surface area contributed by atoms with Gasteiger partial charge in [-0.05, 0) is 30.5 Å². The Balaban J connectivity index is 2.38. The number of rotatable bonds is 2. The van der Waals surface area contributed by atoms with Gasteiger partial charge in [-0.3, -0.25) is 0 Å². The van der Waals surface area contributed by atoms with Gasteiger partial charge in [0.2, 0.25) is 0 Å². The highest BCUT2D eigenvalue weighted by molar-refractivity contribution is 5.28. The van der Waals surface area contributed by atoms with Crippen molar-refractivity contribution in [1.82, 2.24) is 0 Å². The molecule has 1 saturated carbocycles. The Morgan fingerprint density at radius 1 is 1.00 bits per heavy atom. The third kappa shape index (κ3) is 2.09. The first-order valence-electron chi connectivity index (χ1n) is 5.83. The van der Waals surface area contributed by atoms with E-state index in [4.69, 9.17) is 5.73 Å². The summed E-state index contributed by atoms with van der Waals surface area (Å²) in [4.78, 5) is 0. The molecule has 1 nitrogen and oxygen atoms in total. The van der Waals surface area contributed by atoms with Crippen molar-refractivity contribution in [1.29, 1.82) is 0 Å². The summed E-state index contributed by atoms with van der Waals surface area (Å²) >= 11 is 0. The molecule has 1 aliphatic carbocycles. The zero-order chi connectivity index (χ0) is 11.6. The number of nitrogens with two attached hydrogens (primary N) is 1. The van der Waals surface area contributed by atoms with Gasteiger partial charge in [-0.25, -0.2) is 8.78 Å². The number of hydrogen-bond acceptors (Lipinski definition) is 1. The minimum absolute atomic E-state index is 0.207. The Morgan fingerprint density at radius 3 is 2.06 bits per heavy atom. The summed E-state index contributed by atoms with van der Waals surface area (Å²) in [5.74, 6) is -1.01. The van der Waals surface area contributed by atoms with Crippen LogP contribution in [0.3, 0.4) is 0 Å². The fraction of sp³-hybridized carbons (Fsp3) is 0.538. The molecule has 2 rings (SSSR count). The van der Waals surface area contributed by atoms with Crippen molar-refractivity contribution in [2.24, 2.45) is 5.73 Å². The highest BCUT2D eigenvalue weighted by Crippen LogP contribution is 2.38. The maximum Gasteiger partial charge on any atom is 0.126 e. The molecule has 1 aromatic rings. The van der Waals surface area contributed by atoms with Crippen molar-refractivity contribution in [3.05, 3.63) is 35.4 Å². The van der Waals surface area contributed by atoms with Gasteiger partial charge in [0.25, 0.3) is 0 Å². The summed E-state index contributed by atoms with van der Waals surface area (Å²) in [6.07, 6.45) is 5.25. The zero-order valence-corrected chi connectivity index (χ0v) is 9.31. The van der Waals surface area contributed by atoms with Gasteiger partial charge in [0.1, 0.15) is 11.6 Å². The molecule has 0 amide bonds. The first-order valence-corrected chi connectivity index (χ1v) is 5.83. The Bertz CT molecular complexity index is 350. The second-order valence-corrected chi connectivity index (χ2v) is 4.70. The van der Waals surface area contributed by atoms with E-state index in [1.807, 2.05) is 0 Å². The highest BCUT2D eigenvalue weighted by Gasteiger charge is 2.33. The van der Waals surface area contributed by atoms with Crippen LogP contribution in [0.5, 0.6) is 0 Å². The Hall–Kier alpha value is -0.960. The van der Waals surface area contributed by atoms with Gasteiger partial charge < -0.3 is 5.73 Å². The van der Waals surface area contributed by atoms with E-state index in [1.165, 1.54) is 18.6 Å². The van der Waals surface area contributed by atoms with Gasteiger partial charge >= 0.3 is 0 Å². The van der Waals surface area contributed by atoms with Crippen LogP contribution < -0.4 is 5.73 Å². The molecule has 1 fully saturated rings. The minimum atomic E-state index is -0.506. The molecule has 1 aliphatic rings. The van der Waals surface area contributed by atoms with Crippen LogP contribution in [-0.4, -0.2) is 6.54 Å². The fourth-order valence-corrected chi connectivity index (χ4v) is 2.70. The lowest BCUT2D eigenvalue weighted by molar-refractivity contribution is 0.299. The summed E-state index contributed by atoms with van der Waals surface area (Å²) in [6.45, 7) is 0.468. The standard InChI is InChI=1S/C13H17F2N/c14-11-6-10(7-12(15)8-11)13(9-16)4-2-1-3-5-13/h6-8H,1-5,9,16H2. The minimum Gasteiger partial charge on any atom is -0.330 e. The van der Waals surface area contributed by atoms with Crippen LogP contribution in [0.2, 0.25) is 0 Å². The normalized spacial score (nSPS) is 19.7. The summed E-state index contributed by atoms with van der Waals surface area (Å²) in [6, 6.07) is 3.78. The zero-order valence-electron chi connectivity index (χ0n) is 9.31. The van der Waals surface area contributed by atoms with E-state index in [2.05, 4.69) is 0 Å². The van der Waals surface area contributed by atoms with E-state index in [-0.39, 0.29) is 5.41 Å². The van der Waals surface area contributed by atoms with Crippen LogP contribution in [0, 0.1) is 11.6 Å². The van der Waals surface area contributed by atoms with Gasteiger partial charge in [-0.2, -0.15) is 0 Å². The van der Waals surface area contributed by atoms with Crippen molar-refractivity contribution in [2.45, 2.75) is 37.5 Å². The molecule has 2 N–H and O–H groups in total. The first-order chi connectivity index (χ1) is 7.66. The van der Waals surface area contributed by atoms with E-state index in [9.17, 15) is 8.78 Å². The van der Waals surface area contributed by atoms with Crippen LogP contribution in [0.15, 0.2) is 18.2 Å². The smallest absolute Gasteiger partial charge is 0.126 e. The molecule has 0 heterocycles. The molecular formula is C13H17F2N. The lowest BCUT2D eigenvalue weighted by Gasteiger charge is -2.36. The van der Waals surface area contributed by atoms with Gasteiger partial charge in [-0.15, -0.1) is 0 Å². The van der Waals surface area contributed by atoms with Crippen molar-refractivity contribution >= 4 is 0 Å². The molecule has 1 aromatic carbocycles. The molecule has 0 atom stereocenters. The van der Waals surface area contributed by atoms with Crippen molar-refractivity contribution in [3.63, 3.8) is 0 Å². The van der Waals surface area contributed by atoms with E-state index >= 15 is 0 Å². The average Bonchev–Trinajstić information content (AvgIpc) is 2.28. The SMILES string of the molecule is NCC1(c2cc(F)cc(F)c2)CCCCC1. The van der Waals surface area contributed by atoms with Crippen LogP contribution >= 0.6 is 0 Å². The predicted molar refractivity (Wildman–Crippen MR) is 60.2 cm³/mol. The Labute approximate surface area is 94.7 Å². The van der Waals surface area contributed by atoms with E-state index in [0.29, 0.717) is 6.54 Å². The summed E-state index contributed by atoms with van der Waals surface area (Å²) in [5.41, 5.74) is 6.35. The van der Waals surface area contributed by atoms with Crippen LogP contribution in [-0.2, 0) is 5.41 Å². The van der Waals surface area contributed by atoms with Crippen molar-refractivity contribution in [2.75, 3.05) is 6.54 Å². The van der Waals surface area contributed by atoms with E-state index < -0.39 is 11.6 Å². The second-order valence-electron chi connectivity index (χ2n) is 4.70. The molecule has 0 saturated heterocycles. The van der Waals surface area contributed by atoms with E-state index in [0.717, 1.165) is 37.3 Å².